The van der Waals surface area contributed by atoms with Crippen LogP contribution in [0.15, 0.2) is 0 Å². The van der Waals surface area contributed by atoms with Gasteiger partial charge in [-0.2, -0.15) is 0 Å². The van der Waals surface area contributed by atoms with Crippen molar-refractivity contribution in [2.45, 2.75) is 87.4 Å². The summed E-state index contributed by atoms with van der Waals surface area (Å²) < 4.78 is -0.255. The standard InChI is InChI=1S/C22H38IN5O8/c1-4-12(23)19(33)15(9-11(2)3)27-28-16(10-29)22(36)26-14(6-7-17(25)30)21(35)20(34)13(24)5-8-18(31)32/h11-16,27-29H,4-10,24H2,1-3H3,(H2,25,30)(H,26,36)(H,31,32)/t12-,13-,14-,15-,16-/m0/s1. The molecule has 0 aliphatic rings. The van der Waals surface area contributed by atoms with Crippen LogP contribution in [-0.2, 0) is 28.8 Å². The van der Waals surface area contributed by atoms with Crippen molar-refractivity contribution in [3.63, 3.8) is 0 Å². The molecule has 0 radical (unpaired) electrons. The Balaban J connectivity index is 5.46. The van der Waals surface area contributed by atoms with Gasteiger partial charge in [0.25, 0.3) is 0 Å². The van der Waals surface area contributed by atoms with Gasteiger partial charge >= 0.3 is 5.97 Å². The Morgan fingerprint density at radius 1 is 0.917 bits per heavy atom. The first-order valence-corrected chi connectivity index (χ1v) is 12.9. The Morgan fingerprint density at radius 2 is 1.50 bits per heavy atom. The van der Waals surface area contributed by atoms with Gasteiger partial charge in [0.1, 0.15) is 6.04 Å². The van der Waals surface area contributed by atoms with Crippen molar-refractivity contribution in [1.29, 1.82) is 0 Å². The molecule has 0 aliphatic heterocycles. The van der Waals surface area contributed by atoms with Gasteiger partial charge in [-0.15, -0.1) is 0 Å². The minimum Gasteiger partial charge on any atom is -0.481 e. The van der Waals surface area contributed by atoms with Gasteiger partial charge in [0, 0.05) is 12.8 Å². The molecule has 0 unspecified atom stereocenters. The van der Waals surface area contributed by atoms with E-state index in [-0.39, 0.29) is 34.9 Å². The first-order chi connectivity index (χ1) is 16.7. The zero-order valence-corrected chi connectivity index (χ0v) is 22.9. The lowest BCUT2D eigenvalue weighted by Gasteiger charge is -2.26. The highest BCUT2D eigenvalue weighted by atomic mass is 127. The van der Waals surface area contributed by atoms with E-state index in [2.05, 4.69) is 16.2 Å². The number of aliphatic hydroxyl groups is 1. The third-order valence-electron chi connectivity index (χ3n) is 5.21. The molecule has 13 nitrogen and oxygen atoms in total. The maximum absolute atomic E-state index is 12.8. The van der Waals surface area contributed by atoms with Crippen molar-refractivity contribution >= 4 is 57.7 Å². The highest BCUT2D eigenvalue weighted by Crippen LogP contribution is 2.14. The topological polar surface area (TPSA) is 231 Å². The van der Waals surface area contributed by atoms with Crippen molar-refractivity contribution in [2.24, 2.45) is 17.4 Å². The van der Waals surface area contributed by atoms with Crippen molar-refractivity contribution < 1.29 is 39.0 Å². The van der Waals surface area contributed by atoms with Crippen LogP contribution in [0.3, 0.4) is 0 Å². The van der Waals surface area contributed by atoms with Crippen molar-refractivity contribution in [3.05, 3.63) is 0 Å². The van der Waals surface area contributed by atoms with Crippen LogP contribution >= 0.6 is 22.6 Å². The average Bonchev–Trinajstić information content (AvgIpc) is 2.82. The maximum Gasteiger partial charge on any atom is 0.303 e. The molecular formula is C22H38IN5O8. The minimum absolute atomic E-state index is 0.0770. The molecule has 0 aliphatic carbocycles. The van der Waals surface area contributed by atoms with Crippen LogP contribution in [0.1, 0.15) is 59.3 Å². The number of nitrogens with two attached hydrogens (primary N) is 2. The van der Waals surface area contributed by atoms with E-state index in [0.717, 1.165) is 0 Å². The summed E-state index contributed by atoms with van der Waals surface area (Å²) >= 11 is 2.04. The van der Waals surface area contributed by atoms with E-state index in [1.165, 1.54) is 0 Å². The lowest BCUT2D eigenvalue weighted by molar-refractivity contribution is -0.141. The number of amides is 2. The number of aliphatic carboxylic acids is 1. The number of rotatable bonds is 20. The summed E-state index contributed by atoms with van der Waals surface area (Å²) in [6.45, 7) is 5.02. The van der Waals surface area contributed by atoms with E-state index in [4.69, 9.17) is 16.6 Å². The average molecular weight is 627 g/mol. The summed E-state index contributed by atoms with van der Waals surface area (Å²) in [6.07, 6.45) is -0.276. The zero-order chi connectivity index (χ0) is 28.0. The van der Waals surface area contributed by atoms with Crippen LogP contribution in [0.5, 0.6) is 0 Å². The van der Waals surface area contributed by atoms with Gasteiger partial charge in [0.05, 0.1) is 28.7 Å². The number of primary amides is 1. The fourth-order valence-electron chi connectivity index (χ4n) is 3.12. The lowest BCUT2D eigenvalue weighted by atomic mass is 9.96. The van der Waals surface area contributed by atoms with Crippen LogP contribution in [0.2, 0.25) is 0 Å². The van der Waals surface area contributed by atoms with Crippen molar-refractivity contribution in [2.75, 3.05) is 6.61 Å². The Hall–Kier alpha value is -2.01. The Morgan fingerprint density at radius 3 is 1.97 bits per heavy atom. The summed E-state index contributed by atoms with van der Waals surface area (Å²) in [5, 5.41) is 20.8. The highest BCUT2D eigenvalue weighted by molar-refractivity contribution is 14.1. The summed E-state index contributed by atoms with van der Waals surface area (Å²) in [6, 6.07) is -4.83. The maximum atomic E-state index is 12.8. The van der Waals surface area contributed by atoms with Gasteiger partial charge < -0.3 is 27.0 Å². The van der Waals surface area contributed by atoms with Gasteiger partial charge in [0.2, 0.25) is 23.4 Å². The van der Waals surface area contributed by atoms with Crippen molar-refractivity contribution in [3.8, 4) is 0 Å². The van der Waals surface area contributed by atoms with Gasteiger partial charge in [-0.1, -0.05) is 43.4 Å². The second-order valence-electron chi connectivity index (χ2n) is 8.82. The normalized spacial score (nSPS) is 15.4. The smallest absolute Gasteiger partial charge is 0.303 e. The summed E-state index contributed by atoms with van der Waals surface area (Å²) in [5.74, 6) is -4.99. The number of carbonyl (C=O) groups excluding carboxylic acids is 5. The number of nitrogens with one attached hydrogen (secondary N) is 3. The molecule has 206 valence electrons. The first-order valence-electron chi connectivity index (χ1n) is 11.7. The number of carboxylic acids is 1. The van der Waals surface area contributed by atoms with Crippen molar-refractivity contribution in [1.82, 2.24) is 16.2 Å². The number of Topliss-reactive ketones (excluding diaryl/α,β-unsaturated/α-hetero) is 3. The largest absolute Gasteiger partial charge is 0.481 e. The minimum atomic E-state index is -1.48. The van der Waals surface area contributed by atoms with E-state index in [1.807, 2.05) is 43.4 Å². The van der Waals surface area contributed by atoms with E-state index in [0.29, 0.717) is 12.8 Å². The fraction of sp³-hybridized carbons (Fsp3) is 0.727. The number of hydrogen-bond donors (Lipinski definition) is 7. The molecule has 14 heteroatoms. The SMILES string of the molecule is CC[C@H](I)C(=O)[C@H](CC(C)C)NN[C@@H](CO)C(=O)N[C@@H](CCC(N)=O)C(=O)C(=O)[C@@H](N)CCC(=O)O. The number of aliphatic hydroxyl groups excluding tert-OH is 1. The third kappa shape index (κ3) is 12.8. The van der Waals surface area contributed by atoms with Gasteiger partial charge in [-0.3, -0.25) is 28.8 Å². The molecule has 0 fully saturated rings. The third-order valence-corrected chi connectivity index (χ3v) is 6.70. The van der Waals surface area contributed by atoms with Crippen LogP contribution in [0, 0.1) is 5.92 Å². The molecule has 9 N–H and O–H groups in total. The number of alkyl halides is 1. The zero-order valence-electron chi connectivity index (χ0n) is 20.8. The number of hydrogen-bond acceptors (Lipinski definition) is 10. The molecule has 0 aromatic heterocycles. The van der Waals surface area contributed by atoms with Crippen LogP contribution < -0.4 is 27.6 Å². The van der Waals surface area contributed by atoms with Crippen LogP contribution in [0.4, 0.5) is 0 Å². The molecule has 0 bridgehead atoms. The Bertz CT molecular complexity index is 794. The Kier molecular flexibility index (Phi) is 16.5. The monoisotopic (exact) mass is 627 g/mol. The van der Waals surface area contributed by atoms with Crippen LogP contribution in [0.25, 0.3) is 0 Å². The van der Waals surface area contributed by atoms with E-state index >= 15 is 0 Å². The number of halogens is 1. The van der Waals surface area contributed by atoms with Gasteiger partial charge in [0.15, 0.2) is 5.78 Å². The second-order valence-corrected chi connectivity index (χ2v) is 10.3. The summed E-state index contributed by atoms with van der Waals surface area (Å²) in [7, 11) is 0. The van der Waals surface area contributed by atoms with E-state index in [9.17, 15) is 33.9 Å². The quantitative estimate of drug-likeness (QED) is 0.0364. The van der Waals surface area contributed by atoms with Gasteiger partial charge in [-0.05, 0) is 31.6 Å². The molecule has 0 aromatic carbocycles. The molecule has 0 saturated carbocycles. The molecular weight excluding hydrogens is 589 g/mol. The number of carbonyl (C=O) groups is 6. The molecule has 2 amide bonds. The fourth-order valence-corrected chi connectivity index (χ4v) is 3.56. The predicted octanol–water partition coefficient (Wildman–Crippen LogP) is -1.28. The number of hydrazine groups is 1. The van der Waals surface area contributed by atoms with E-state index in [1.54, 1.807) is 0 Å². The number of ketones is 3. The predicted molar refractivity (Wildman–Crippen MR) is 139 cm³/mol. The molecule has 0 heterocycles. The molecule has 0 aromatic rings. The molecule has 0 rings (SSSR count). The first kappa shape index (κ1) is 34.0. The van der Waals surface area contributed by atoms with Gasteiger partial charge in [-0.25, -0.2) is 10.9 Å². The lowest BCUT2D eigenvalue weighted by Crippen LogP contribution is -2.59. The van der Waals surface area contributed by atoms with Crippen LogP contribution in [-0.4, -0.2) is 80.0 Å². The summed E-state index contributed by atoms with van der Waals surface area (Å²) in [5.41, 5.74) is 16.2. The molecule has 5 atom stereocenters. The summed E-state index contributed by atoms with van der Waals surface area (Å²) in [4.78, 5) is 72.5. The Labute approximate surface area is 224 Å². The highest BCUT2D eigenvalue weighted by Gasteiger charge is 2.33. The molecule has 0 spiro atoms. The number of carboxylic acid groups (broad SMARTS) is 1. The van der Waals surface area contributed by atoms with E-state index < -0.39 is 66.5 Å². The second kappa shape index (κ2) is 17.4. The molecule has 0 saturated heterocycles. The molecule has 36 heavy (non-hydrogen) atoms.